The minimum atomic E-state index is -0.781. The first-order chi connectivity index (χ1) is 7.59. The van der Waals surface area contributed by atoms with Gasteiger partial charge in [0.05, 0.1) is 11.4 Å². The van der Waals surface area contributed by atoms with Crippen LogP contribution in [0, 0.1) is 12.8 Å². The molecule has 2 aromatic rings. The predicted octanol–water partition coefficient (Wildman–Crippen LogP) is 2.13. The summed E-state index contributed by atoms with van der Waals surface area (Å²) in [6.07, 6.45) is 0.483. The molecule has 2 rings (SSSR count). The molecule has 0 aliphatic heterocycles. The summed E-state index contributed by atoms with van der Waals surface area (Å²) in [5.74, 6) is -1.18. The molecule has 0 bridgehead atoms. The maximum Gasteiger partial charge on any atom is 0.306 e. The second kappa shape index (κ2) is 3.96. The molecule has 0 saturated carbocycles. The second-order valence-electron chi connectivity index (χ2n) is 4.11. The van der Waals surface area contributed by atoms with Crippen molar-refractivity contribution >= 4 is 16.9 Å². The summed E-state index contributed by atoms with van der Waals surface area (Å²) in [5.41, 5.74) is 2.93. The number of aromatic nitrogens is 2. The summed E-state index contributed by atoms with van der Waals surface area (Å²) in [6, 6.07) is 5.88. The quantitative estimate of drug-likeness (QED) is 0.829. The van der Waals surface area contributed by atoms with Gasteiger partial charge in [0.15, 0.2) is 0 Å². The highest BCUT2D eigenvalue weighted by atomic mass is 16.4. The average Bonchev–Trinajstić information content (AvgIpc) is 2.63. The Bertz CT molecular complexity index is 531. The molecule has 0 aliphatic carbocycles. The lowest BCUT2D eigenvalue weighted by molar-refractivity contribution is -0.141. The maximum atomic E-state index is 10.8. The molecule has 2 N–H and O–H groups in total. The Morgan fingerprint density at radius 2 is 2.31 bits per heavy atom. The van der Waals surface area contributed by atoms with Crippen molar-refractivity contribution in [3.63, 3.8) is 0 Å². The molecule has 0 amide bonds. The van der Waals surface area contributed by atoms with Crippen molar-refractivity contribution in [2.75, 3.05) is 0 Å². The van der Waals surface area contributed by atoms with E-state index < -0.39 is 11.9 Å². The van der Waals surface area contributed by atoms with Gasteiger partial charge in [0.25, 0.3) is 0 Å². The third-order valence-corrected chi connectivity index (χ3v) is 2.80. The zero-order valence-electron chi connectivity index (χ0n) is 9.32. The normalized spacial score (nSPS) is 12.9. The molecule has 0 radical (unpaired) electrons. The third kappa shape index (κ3) is 1.78. The van der Waals surface area contributed by atoms with E-state index in [0.29, 0.717) is 6.42 Å². The van der Waals surface area contributed by atoms with E-state index in [1.165, 1.54) is 0 Å². The number of nitrogens with one attached hydrogen (secondary N) is 1. The number of fused-ring (bicyclic) bond motifs is 1. The van der Waals surface area contributed by atoms with Crippen LogP contribution in [0.1, 0.15) is 18.2 Å². The summed E-state index contributed by atoms with van der Waals surface area (Å²) >= 11 is 0. The third-order valence-electron chi connectivity index (χ3n) is 2.80. The molecule has 4 nitrogen and oxygen atoms in total. The Hall–Kier alpha value is -1.84. The number of aliphatic carboxylic acids is 1. The van der Waals surface area contributed by atoms with Crippen molar-refractivity contribution in [2.24, 2.45) is 5.92 Å². The first kappa shape index (κ1) is 10.7. The fourth-order valence-electron chi connectivity index (χ4n) is 1.86. The molecule has 1 aromatic carbocycles. The highest BCUT2D eigenvalue weighted by Gasteiger charge is 2.15. The van der Waals surface area contributed by atoms with Crippen LogP contribution in [-0.4, -0.2) is 21.3 Å². The van der Waals surface area contributed by atoms with Crippen LogP contribution in [-0.2, 0) is 11.2 Å². The largest absolute Gasteiger partial charge is 0.481 e. The van der Waals surface area contributed by atoms with Gasteiger partial charge in [0, 0.05) is 17.5 Å². The lowest BCUT2D eigenvalue weighted by Gasteiger charge is -2.05. The van der Waals surface area contributed by atoms with Gasteiger partial charge >= 0.3 is 5.97 Å². The number of aryl methyl sites for hydroxylation is 1. The van der Waals surface area contributed by atoms with Gasteiger partial charge in [-0.05, 0) is 18.6 Å². The smallest absolute Gasteiger partial charge is 0.306 e. The van der Waals surface area contributed by atoms with Crippen LogP contribution >= 0.6 is 0 Å². The Morgan fingerprint density at radius 1 is 1.56 bits per heavy atom. The van der Waals surface area contributed by atoms with Crippen molar-refractivity contribution in [2.45, 2.75) is 20.3 Å². The minimum absolute atomic E-state index is 0.400. The number of carboxylic acids is 1. The molecule has 1 unspecified atom stereocenters. The molecule has 0 saturated heterocycles. The van der Waals surface area contributed by atoms with E-state index in [1.54, 1.807) is 6.92 Å². The first-order valence-corrected chi connectivity index (χ1v) is 5.25. The van der Waals surface area contributed by atoms with E-state index >= 15 is 0 Å². The number of nitrogens with zero attached hydrogens (tertiary/aromatic N) is 1. The molecular weight excluding hydrogens is 204 g/mol. The van der Waals surface area contributed by atoms with E-state index in [-0.39, 0.29) is 0 Å². The topological polar surface area (TPSA) is 66.0 Å². The minimum Gasteiger partial charge on any atom is -0.481 e. The average molecular weight is 218 g/mol. The fraction of sp³-hybridized carbons (Fsp3) is 0.333. The van der Waals surface area contributed by atoms with Crippen LogP contribution in [0.15, 0.2) is 18.2 Å². The van der Waals surface area contributed by atoms with E-state index in [2.05, 4.69) is 10.2 Å². The summed E-state index contributed by atoms with van der Waals surface area (Å²) in [6.45, 7) is 3.71. The van der Waals surface area contributed by atoms with Gasteiger partial charge in [0.1, 0.15) is 0 Å². The highest BCUT2D eigenvalue weighted by Crippen LogP contribution is 2.22. The Morgan fingerprint density at radius 3 is 3.00 bits per heavy atom. The summed E-state index contributed by atoms with van der Waals surface area (Å²) < 4.78 is 0. The molecule has 0 spiro atoms. The summed E-state index contributed by atoms with van der Waals surface area (Å²) in [7, 11) is 0. The van der Waals surface area contributed by atoms with Crippen LogP contribution in [0.3, 0.4) is 0 Å². The van der Waals surface area contributed by atoms with Gasteiger partial charge < -0.3 is 5.11 Å². The fourth-order valence-corrected chi connectivity index (χ4v) is 1.86. The van der Waals surface area contributed by atoms with Gasteiger partial charge in [-0.2, -0.15) is 5.10 Å². The van der Waals surface area contributed by atoms with E-state index in [1.807, 2.05) is 25.1 Å². The van der Waals surface area contributed by atoms with Crippen molar-refractivity contribution in [3.8, 4) is 0 Å². The zero-order valence-corrected chi connectivity index (χ0v) is 9.32. The van der Waals surface area contributed by atoms with Gasteiger partial charge in [-0.1, -0.05) is 19.1 Å². The van der Waals surface area contributed by atoms with Gasteiger partial charge in [0.2, 0.25) is 0 Å². The molecule has 1 heterocycles. The first-order valence-electron chi connectivity index (χ1n) is 5.25. The van der Waals surface area contributed by atoms with Crippen LogP contribution < -0.4 is 0 Å². The number of hydrogen-bond acceptors (Lipinski definition) is 2. The lowest BCUT2D eigenvalue weighted by Crippen LogP contribution is -2.12. The highest BCUT2D eigenvalue weighted by molar-refractivity contribution is 5.85. The maximum absolute atomic E-state index is 10.8. The van der Waals surface area contributed by atoms with Crippen molar-refractivity contribution in [1.29, 1.82) is 0 Å². The molecule has 4 heteroatoms. The number of carboxylic acid groups (broad SMARTS) is 1. The molecule has 1 aromatic heterocycles. The second-order valence-corrected chi connectivity index (χ2v) is 4.11. The number of benzene rings is 1. The molecule has 1 atom stereocenters. The molecular formula is C12H14N2O2. The van der Waals surface area contributed by atoms with Crippen LogP contribution in [0.25, 0.3) is 10.9 Å². The number of hydrogen-bond donors (Lipinski definition) is 2. The van der Waals surface area contributed by atoms with Crippen LogP contribution in [0.5, 0.6) is 0 Å². The Labute approximate surface area is 93.3 Å². The Kier molecular flexibility index (Phi) is 2.64. The molecule has 0 aliphatic rings. The SMILES string of the molecule is Cc1cccc2n[nH]c(CC(C)C(=O)O)c12. The van der Waals surface area contributed by atoms with Crippen molar-refractivity contribution < 1.29 is 9.90 Å². The van der Waals surface area contributed by atoms with Gasteiger partial charge in [-0.25, -0.2) is 0 Å². The summed E-state index contributed by atoms with van der Waals surface area (Å²) in [5, 5.41) is 17.0. The van der Waals surface area contributed by atoms with E-state index in [9.17, 15) is 4.79 Å². The zero-order chi connectivity index (χ0) is 11.7. The monoisotopic (exact) mass is 218 g/mol. The van der Waals surface area contributed by atoms with Crippen LogP contribution in [0.2, 0.25) is 0 Å². The van der Waals surface area contributed by atoms with Gasteiger partial charge in [-0.15, -0.1) is 0 Å². The van der Waals surface area contributed by atoms with Crippen molar-refractivity contribution in [3.05, 3.63) is 29.5 Å². The standard InChI is InChI=1S/C12H14N2O2/c1-7-4-3-5-9-11(7)10(14-13-9)6-8(2)12(15)16/h3-5,8H,6H2,1-2H3,(H,13,14)(H,15,16). The lowest BCUT2D eigenvalue weighted by atomic mass is 10.0. The van der Waals surface area contributed by atoms with Gasteiger partial charge in [-0.3, -0.25) is 9.89 Å². The number of aromatic amines is 1. The summed E-state index contributed by atoms with van der Waals surface area (Å²) in [4.78, 5) is 10.8. The number of H-pyrrole nitrogens is 1. The van der Waals surface area contributed by atoms with Crippen molar-refractivity contribution in [1.82, 2.24) is 10.2 Å². The predicted molar refractivity (Wildman–Crippen MR) is 61.3 cm³/mol. The Balaban J connectivity index is 2.42. The van der Waals surface area contributed by atoms with Crippen LogP contribution in [0.4, 0.5) is 0 Å². The molecule has 0 fully saturated rings. The molecule has 16 heavy (non-hydrogen) atoms. The number of carbonyl (C=O) groups is 1. The van der Waals surface area contributed by atoms with E-state index in [4.69, 9.17) is 5.11 Å². The molecule has 84 valence electrons. The number of rotatable bonds is 3. The van der Waals surface area contributed by atoms with E-state index in [0.717, 1.165) is 22.2 Å².